The van der Waals surface area contributed by atoms with E-state index in [4.69, 9.17) is 4.74 Å². The van der Waals surface area contributed by atoms with Crippen molar-refractivity contribution >= 4 is 0 Å². The number of hydrogen-bond donors (Lipinski definition) is 1. The Hall–Kier alpha value is -1.02. The summed E-state index contributed by atoms with van der Waals surface area (Å²) in [5, 5.41) is 3.68. The third kappa shape index (κ3) is 6.11. The van der Waals surface area contributed by atoms with Crippen LogP contribution in [0.25, 0.3) is 0 Å². The van der Waals surface area contributed by atoms with Gasteiger partial charge < -0.3 is 10.1 Å². The van der Waals surface area contributed by atoms with Crippen molar-refractivity contribution in [1.29, 1.82) is 0 Å². The van der Waals surface area contributed by atoms with E-state index in [1.165, 1.54) is 18.4 Å². The van der Waals surface area contributed by atoms with E-state index in [2.05, 4.69) is 45.1 Å². The van der Waals surface area contributed by atoms with Crippen LogP contribution in [0.1, 0.15) is 46.1 Å². The number of hydrogen-bond acceptors (Lipinski definition) is 2. The van der Waals surface area contributed by atoms with E-state index in [0.29, 0.717) is 12.1 Å². The predicted molar refractivity (Wildman–Crippen MR) is 82.8 cm³/mol. The summed E-state index contributed by atoms with van der Waals surface area (Å²) in [7, 11) is 1.74. The van der Waals surface area contributed by atoms with Crippen molar-refractivity contribution in [3.05, 3.63) is 29.8 Å². The SMILES string of the molecule is COc1ccccc1CC(C)NC(C)CCC(C)C. The van der Waals surface area contributed by atoms with Crippen LogP contribution in [0.3, 0.4) is 0 Å². The van der Waals surface area contributed by atoms with Gasteiger partial charge in [-0.1, -0.05) is 32.0 Å². The lowest BCUT2D eigenvalue weighted by Crippen LogP contribution is -2.36. The number of methoxy groups -OCH3 is 1. The Balaban J connectivity index is 2.44. The molecule has 0 fully saturated rings. The number of para-hydroxylation sites is 1. The minimum atomic E-state index is 0.471. The lowest BCUT2D eigenvalue weighted by atomic mass is 10.0. The molecule has 1 aromatic rings. The molecule has 0 aliphatic rings. The van der Waals surface area contributed by atoms with Crippen molar-refractivity contribution in [1.82, 2.24) is 5.32 Å². The number of nitrogens with one attached hydrogen (secondary N) is 1. The normalized spacial score (nSPS) is 14.4. The Kier molecular flexibility index (Phi) is 6.93. The smallest absolute Gasteiger partial charge is 0.122 e. The van der Waals surface area contributed by atoms with Gasteiger partial charge in [0, 0.05) is 12.1 Å². The van der Waals surface area contributed by atoms with Gasteiger partial charge in [0.2, 0.25) is 0 Å². The van der Waals surface area contributed by atoms with Crippen LogP contribution in [0.2, 0.25) is 0 Å². The van der Waals surface area contributed by atoms with Gasteiger partial charge in [-0.05, 0) is 50.7 Å². The third-order valence-electron chi connectivity index (χ3n) is 3.46. The highest BCUT2D eigenvalue weighted by Crippen LogP contribution is 2.19. The molecule has 19 heavy (non-hydrogen) atoms. The van der Waals surface area contributed by atoms with E-state index in [1.54, 1.807) is 7.11 Å². The maximum Gasteiger partial charge on any atom is 0.122 e. The molecule has 2 atom stereocenters. The fourth-order valence-electron chi connectivity index (χ4n) is 2.41. The molecule has 0 heterocycles. The average Bonchev–Trinajstić information content (AvgIpc) is 2.37. The molecule has 2 nitrogen and oxygen atoms in total. The van der Waals surface area contributed by atoms with Gasteiger partial charge in [-0.3, -0.25) is 0 Å². The highest BCUT2D eigenvalue weighted by molar-refractivity contribution is 5.33. The molecule has 2 unspecified atom stereocenters. The van der Waals surface area contributed by atoms with Gasteiger partial charge in [0.15, 0.2) is 0 Å². The average molecular weight is 263 g/mol. The van der Waals surface area contributed by atoms with Crippen molar-refractivity contribution in [2.24, 2.45) is 5.92 Å². The zero-order valence-corrected chi connectivity index (χ0v) is 13.1. The van der Waals surface area contributed by atoms with Crippen LogP contribution < -0.4 is 10.1 Å². The van der Waals surface area contributed by atoms with Gasteiger partial charge in [0.05, 0.1) is 7.11 Å². The Bertz CT molecular complexity index is 362. The van der Waals surface area contributed by atoms with Crippen molar-refractivity contribution in [2.45, 2.75) is 59.0 Å². The molecule has 1 aromatic carbocycles. The van der Waals surface area contributed by atoms with Gasteiger partial charge in [-0.15, -0.1) is 0 Å². The molecule has 0 saturated heterocycles. The quantitative estimate of drug-likeness (QED) is 0.764. The van der Waals surface area contributed by atoms with Gasteiger partial charge in [-0.25, -0.2) is 0 Å². The Morgan fingerprint density at radius 3 is 2.32 bits per heavy atom. The van der Waals surface area contributed by atoms with Gasteiger partial charge in [0.25, 0.3) is 0 Å². The monoisotopic (exact) mass is 263 g/mol. The lowest BCUT2D eigenvalue weighted by molar-refractivity contribution is 0.392. The van der Waals surface area contributed by atoms with Crippen LogP contribution >= 0.6 is 0 Å². The van der Waals surface area contributed by atoms with Crippen LogP contribution in [-0.4, -0.2) is 19.2 Å². The van der Waals surface area contributed by atoms with Crippen LogP contribution in [0.15, 0.2) is 24.3 Å². The first kappa shape index (κ1) is 16.0. The first-order chi connectivity index (χ1) is 9.02. The number of rotatable bonds is 8. The number of benzene rings is 1. The summed E-state index contributed by atoms with van der Waals surface area (Å²) in [5.74, 6) is 1.78. The van der Waals surface area contributed by atoms with Gasteiger partial charge in [-0.2, -0.15) is 0 Å². The molecule has 0 amide bonds. The second kappa shape index (κ2) is 8.21. The molecule has 0 bridgehead atoms. The predicted octanol–water partition coefficient (Wildman–Crippen LogP) is 4.04. The molecule has 1 rings (SSSR count). The molecule has 108 valence electrons. The van der Waals surface area contributed by atoms with Crippen LogP contribution in [0.4, 0.5) is 0 Å². The van der Waals surface area contributed by atoms with E-state index in [9.17, 15) is 0 Å². The molecule has 0 spiro atoms. The fraction of sp³-hybridized carbons (Fsp3) is 0.647. The van der Waals surface area contributed by atoms with Crippen molar-refractivity contribution in [2.75, 3.05) is 7.11 Å². The number of ether oxygens (including phenoxy) is 1. The van der Waals surface area contributed by atoms with Crippen LogP contribution in [0.5, 0.6) is 5.75 Å². The second-order valence-electron chi connectivity index (χ2n) is 5.96. The Morgan fingerprint density at radius 1 is 1.00 bits per heavy atom. The molecule has 0 aliphatic heterocycles. The maximum absolute atomic E-state index is 5.40. The zero-order valence-electron chi connectivity index (χ0n) is 13.1. The van der Waals surface area contributed by atoms with E-state index >= 15 is 0 Å². The van der Waals surface area contributed by atoms with Gasteiger partial charge in [0.1, 0.15) is 5.75 Å². The molecular formula is C17H29NO. The van der Waals surface area contributed by atoms with Crippen LogP contribution in [-0.2, 0) is 6.42 Å². The topological polar surface area (TPSA) is 21.3 Å². The third-order valence-corrected chi connectivity index (χ3v) is 3.46. The largest absolute Gasteiger partial charge is 0.496 e. The molecule has 0 aromatic heterocycles. The van der Waals surface area contributed by atoms with Gasteiger partial charge >= 0.3 is 0 Å². The highest BCUT2D eigenvalue weighted by atomic mass is 16.5. The Labute approximate surface area is 118 Å². The summed E-state index contributed by atoms with van der Waals surface area (Å²) in [4.78, 5) is 0. The molecule has 0 aliphatic carbocycles. The van der Waals surface area contributed by atoms with E-state index in [1.807, 2.05) is 12.1 Å². The lowest BCUT2D eigenvalue weighted by Gasteiger charge is -2.21. The molecule has 1 N–H and O–H groups in total. The second-order valence-corrected chi connectivity index (χ2v) is 5.96. The Morgan fingerprint density at radius 2 is 1.68 bits per heavy atom. The summed E-state index contributed by atoms with van der Waals surface area (Å²) in [6.45, 7) is 9.09. The fourth-order valence-corrected chi connectivity index (χ4v) is 2.41. The minimum absolute atomic E-state index is 0.471. The first-order valence-electron chi connectivity index (χ1n) is 7.40. The van der Waals surface area contributed by atoms with Crippen molar-refractivity contribution in [3.63, 3.8) is 0 Å². The molecule has 0 radical (unpaired) electrons. The first-order valence-corrected chi connectivity index (χ1v) is 7.40. The molecule has 2 heteroatoms. The van der Waals surface area contributed by atoms with Crippen LogP contribution in [0, 0.1) is 5.92 Å². The zero-order chi connectivity index (χ0) is 14.3. The standard InChI is InChI=1S/C17H29NO/c1-13(2)10-11-14(3)18-15(4)12-16-8-6-7-9-17(16)19-5/h6-9,13-15,18H,10-12H2,1-5H3. The highest BCUT2D eigenvalue weighted by Gasteiger charge is 2.11. The molecular weight excluding hydrogens is 234 g/mol. The maximum atomic E-state index is 5.40. The minimum Gasteiger partial charge on any atom is -0.496 e. The summed E-state index contributed by atoms with van der Waals surface area (Å²) in [5.41, 5.74) is 1.28. The van der Waals surface area contributed by atoms with Crippen molar-refractivity contribution in [3.8, 4) is 5.75 Å². The van der Waals surface area contributed by atoms with E-state index in [0.717, 1.165) is 18.1 Å². The van der Waals surface area contributed by atoms with E-state index in [-0.39, 0.29) is 0 Å². The summed E-state index contributed by atoms with van der Waals surface area (Å²) < 4.78 is 5.40. The summed E-state index contributed by atoms with van der Waals surface area (Å²) in [6.07, 6.45) is 3.54. The summed E-state index contributed by atoms with van der Waals surface area (Å²) >= 11 is 0. The van der Waals surface area contributed by atoms with Crippen molar-refractivity contribution < 1.29 is 4.74 Å². The molecule has 0 saturated carbocycles. The van der Waals surface area contributed by atoms with E-state index < -0.39 is 0 Å². The summed E-state index contributed by atoms with van der Waals surface area (Å²) in [6, 6.07) is 9.32.